The molecular weight excluding hydrogens is 329 g/mol. The summed E-state index contributed by atoms with van der Waals surface area (Å²) in [6.07, 6.45) is 10.8. The maximum absolute atomic E-state index is 14.1. The number of aromatic nitrogens is 1. The van der Waals surface area contributed by atoms with Crippen LogP contribution in [0.1, 0.15) is 36.6 Å². The molecule has 4 heteroatoms. The Kier molecular flexibility index (Phi) is 4.27. The van der Waals surface area contributed by atoms with Crippen LogP contribution in [-0.2, 0) is 19.3 Å². The number of ether oxygens (including phenoxy) is 1. The van der Waals surface area contributed by atoms with Crippen molar-refractivity contribution in [3.05, 3.63) is 69.4 Å². The van der Waals surface area contributed by atoms with Gasteiger partial charge in [-0.3, -0.25) is 9.36 Å². The third kappa shape index (κ3) is 2.52. The highest BCUT2D eigenvalue weighted by Gasteiger charge is 2.24. The van der Waals surface area contributed by atoms with Crippen molar-refractivity contribution in [2.75, 3.05) is 7.11 Å². The smallest absolute Gasteiger partial charge is 0.266 e. The fourth-order valence-corrected chi connectivity index (χ4v) is 4.22. The van der Waals surface area contributed by atoms with Gasteiger partial charge in [0.1, 0.15) is 11.6 Å². The van der Waals surface area contributed by atoms with Crippen molar-refractivity contribution in [2.24, 2.45) is 0 Å². The lowest BCUT2D eigenvalue weighted by atomic mass is 9.87. The summed E-state index contributed by atoms with van der Waals surface area (Å²) < 4.78 is 21.3. The van der Waals surface area contributed by atoms with Gasteiger partial charge in [0.05, 0.1) is 12.5 Å². The van der Waals surface area contributed by atoms with Crippen molar-refractivity contribution in [1.29, 1.82) is 0 Å². The molecule has 26 heavy (non-hydrogen) atoms. The Morgan fingerprint density at radius 1 is 1.23 bits per heavy atom. The number of pyridine rings is 1. The predicted molar refractivity (Wildman–Crippen MR) is 103 cm³/mol. The van der Waals surface area contributed by atoms with Crippen LogP contribution in [0.3, 0.4) is 0 Å². The molecule has 1 aromatic carbocycles. The first-order chi connectivity index (χ1) is 12.7. The molecule has 1 heterocycles. The molecule has 2 aliphatic carbocycles. The largest absolute Gasteiger partial charge is 0.496 e. The predicted octanol–water partition coefficient (Wildman–Crippen LogP) is 4.72. The van der Waals surface area contributed by atoms with Crippen molar-refractivity contribution < 1.29 is 9.13 Å². The van der Waals surface area contributed by atoms with Crippen LogP contribution in [0.2, 0.25) is 0 Å². The van der Waals surface area contributed by atoms with Crippen LogP contribution >= 0.6 is 0 Å². The molecule has 0 aliphatic heterocycles. The molecular formula is C22H22FNO2. The van der Waals surface area contributed by atoms with E-state index in [1.807, 2.05) is 12.1 Å². The molecule has 134 valence electrons. The number of rotatable bonds is 3. The zero-order valence-corrected chi connectivity index (χ0v) is 15.1. The van der Waals surface area contributed by atoms with Gasteiger partial charge < -0.3 is 4.74 Å². The lowest BCUT2D eigenvalue weighted by Gasteiger charge is -2.25. The third-order valence-electron chi connectivity index (χ3n) is 5.30. The molecule has 0 bridgehead atoms. The third-order valence-corrected chi connectivity index (χ3v) is 5.30. The van der Waals surface area contributed by atoms with Crippen molar-refractivity contribution in [1.82, 2.24) is 4.57 Å². The van der Waals surface area contributed by atoms with E-state index in [0.29, 0.717) is 23.3 Å². The Labute approximate surface area is 152 Å². The van der Waals surface area contributed by atoms with E-state index in [2.05, 4.69) is 13.0 Å². The summed E-state index contributed by atoms with van der Waals surface area (Å²) in [5, 5.41) is 1.66. The Morgan fingerprint density at radius 3 is 2.85 bits per heavy atom. The Bertz CT molecular complexity index is 1040. The number of hydrogen-bond acceptors (Lipinski definition) is 2. The van der Waals surface area contributed by atoms with Crippen LogP contribution in [0, 0.1) is 0 Å². The van der Waals surface area contributed by atoms with Gasteiger partial charge in [0.2, 0.25) is 0 Å². The van der Waals surface area contributed by atoms with Gasteiger partial charge in [-0.1, -0.05) is 25.1 Å². The number of allylic oxidation sites excluding steroid dienone is 6. The maximum Gasteiger partial charge on any atom is 0.266 e. The maximum atomic E-state index is 14.1. The highest BCUT2D eigenvalue weighted by atomic mass is 19.1. The molecule has 0 radical (unpaired) electrons. The molecule has 0 amide bonds. The number of halogens is 1. The minimum absolute atomic E-state index is 0.126. The average molecular weight is 351 g/mol. The monoisotopic (exact) mass is 351 g/mol. The standard InChI is InChI=1S/C22H22FNO2/c1-3-18-17-10-6-7-14-11-12-19(26-2)21(20(14)17)22(25)24(18)16-9-5-4-8-15(23)13-16/h4,8-9,11-13H,3,5-7,10H2,1-2H3. The zero-order chi connectivity index (χ0) is 18.3. The Balaban J connectivity index is 2.15. The van der Waals surface area contributed by atoms with E-state index < -0.39 is 0 Å². The molecule has 4 rings (SSSR count). The van der Waals surface area contributed by atoms with Gasteiger partial charge in [-0.2, -0.15) is 0 Å². The quantitative estimate of drug-likeness (QED) is 0.801. The normalized spacial score (nSPS) is 16.3. The minimum atomic E-state index is -0.336. The van der Waals surface area contributed by atoms with E-state index in [9.17, 15) is 9.18 Å². The van der Waals surface area contributed by atoms with E-state index in [1.165, 1.54) is 23.3 Å². The SMILES string of the molecule is CCc1c2c3c(ccc(OC)c3c(=O)n1C1=CCC=CC(F)=C1)CCC2. The lowest BCUT2D eigenvalue weighted by Crippen LogP contribution is -2.26. The molecule has 0 saturated heterocycles. The van der Waals surface area contributed by atoms with Crippen molar-refractivity contribution in [3.8, 4) is 5.75 Å². The molecule has 2 aliphatic rings. The summed E-state index contributed by atoms with van der Waals surface area (Å²) in [5.74, 6) is 0.252. The number of aryl methyl sites for hydroxylation is 2. The fourth-order valence-electron chi connectivity index (χ4n) is 4.22. The van der Waals surface area contributed by atoms with E-state index in [-0.39, 0.29) is 11.4 Å². The molecule has 0 N–H and O–H groups in total. The first kappa shape index (κ1) is 16.8. The lowest BCUT2D eigenvalue weighted by molar-refractivity contribution is 0.419. The van der Waals surface area contributed by atoms with Crippen LogP contribution in [0.4, 0.5) is 4.39 Å². The van der Waals surface area contributed by atoms with E-state index in [0.717, 1.165) is 36.8 Å². The summed E-state index contributed by atoms with van der Waals surface area (Å²) >= 11 is 0. The van der Waals surface area contributed by atoms with Crippen LogP contribution in [0.25, 0.3) is 16.5 Å². The van der Waals surface area contributed by atoms with Gasteiger partial charge in [-0.15, -0.1) is 0 Å². The molecule has 0 fully saturated rings. The number of benzene rings is 1. The average Bonchev–Trinajstić information content (AvgIpc) is 2.88. The molecule has 0 saturated carbocycles. The van der Waals surface area contributed by atoms with Crippen molar-refractivity contribution >= 4 is 16.5 Å². The summed E-state index contributed by atoms with van der Waals surface area (Å²) in [6.45, 7) is 2.05. The van der Waals surface area contributed by atoms with Crippen LogP contribution in [0.15, 0.2) is 47.1 Å². The summed E-state index contributed by atoms with van der Waals surface area (Å²) in [6, 6.07) is 3.95. The van der Waals surface area contributed by atoms with E-state index in [1.54, 1.807) is 17.8 Å². The van der Waals surface area contributed by atoms with Crippen molar-refractivity contribution in [3.63, 3.8) is 0 Å². The molecule has 0 spiro atoms. The van der Waals surface area contributed by atoms with E-state index >= 15 is 0 Å². The van der Waals surface area contributed by atoms with Crippen LogP contribution in [0.5, 0.6) is 5.75 Å². The fraction of sp³-hybridized carbons (Fsp3) is 0.318. The topological polar surface area (TPSA) is 31.2 Å². The second-order valence-electron chi connectivity index (χ2n) is 6.75. The molecule has 0 unspecified atom stereocenters. The summed E-state index contributed by atoms with van der Waals surface area (Å²) in [4.78, 5) is 13.5. The highest BCUT2D eigenvalue weighted by Crippen LogP contribution is 2.36. The van der Waals surface area contributed by atoms with E-state index in [4.69, 9.17) is 4.74 Å². The summed E-state index contributed by atoms with van der Waals surface area (Å²) in [7, 11) is 1.59. The molecule has 2 aromatic rings. The first-order valence-electron chi connectivity index (χ1n) is 9.16. The van der Waals surface area contributed by atoms with Gasteiger partial charge in [-0.25, -0.2) is 4.39 Å². The molecule has 1 aromatic heterocycles. The van der Waals surface area contributed by atoms with Crippen LogP contribution in [-0.4, -0.2) is 11.7 Å². The van der Waals surface area contributed by atoms with Gasteiger partial charge in [-0.05, 0) is 66.8 Å². The Morgan fingerprint density at radius 2 is 2.08 bits per heavy atom. The second kappa shape index (κ2) is 6.60. The van der Waals surface area contributed by atoms with Gasteiger partial charge in [0.25, 0.3) is 5.56 Å². The van der Waals surface area contributed by atoms with Gasteiger partial charge in [0.15, 0.2) is 0 Å². The highest BCUT2D eigenvalue weighted by molar-refractivity contribution is 5.95. The second-order valence-corrected chi connectivity index (χ2v) is 6.75. The van der Waals surface area contributed by atoms with Gasteiger partial charge in [0, 0.05) is 11.4 Å². The number of methoxy groups -OCH3 is 1. The summed E-state index contributed by atoms with van der Waals surface area (Å²) in [5.41, 5.74) is 3.87. The van der Waals surface area contributed by atoms with Crippen LogP contribution < -0.4 is 10.3 Å². The van der Waals surface area contributed by atoms with Crippen molar-refractivity contribution in [2.45, 2.75) is 39.0 Å². The zero-order valence-electron chi connectivity index (χ0n) is 15.1. The Hall–Kier alpha value is -2.62. The first-order valence-corrected chi connectivity index (χ1v) is 9.16. The minimum Gasteiger partial charge on any atom is -0.496 e. The molecule has 0 atom stereocenters. The molecule has 3 nitrogen and oxygen atoms in total. The number of nitrogens with zero attached hydrogens (tertiary/aromatic N) is 1. The number of hydrogen-bond donors (Lipinski definition) is 0. The van der Waals surface area contributed by atoms with Gasteiger partial charge >= 0.3 is 0 Å².